The topological polar surface area (TPSA) is 77.5 Å². The van der Waals surface area contributed by atoms with Crippen LogP contribution < -0.4 is 0 Å². The SMILES string of the molecule is c1cc(CN(CCC2(c3ccncc3)CC2)Cc2cccn2-c2nncs2)n(-c2nncs2)c1. The Morgan fingerprint density at radius 2 is 1.41 bits per heavy atom. The molecule has 0 amide bonds. The minimum absolute atomic E-state index is 0.281. The van der Waals surface area contributed by atoms with Crippen LogP contribution in [0, 0.1) is 0 Å². The van der Waals surface area contributed by atoms with Crippen molar-refractivity contribution in [3.05, 3.63) is 89.2 Å². The second-order valence-electron chi connectivity index (χ2n) is 8.66. The van der Waals surface area contributed by atoms with E-state index in [4.69, 9.17) is 0 Å². The van der Waals surface area contributed by atoms with Gasteiger partial charge in [0.25, 0.3) is 0 Å². The number of aromatic nitrogens is 7. The second-order valence-corrected chi connectivity index (χ2v) is 10.3. The lowest BCUT2D eigenvalue weighted by Crippen LogP contribution is -2.28. The van der Waals surface area contributed by atoms with E-state index in [0.717, 1.165) is 36.3 Å². The van der Waals surface area contributed by atoms with Crippen LogP contribution in [0.3, 0.4) is 0 Å². The monoisotopic (exact) mass is 488 g/mol. The summed E-state index contributed by atoms with van der Waals surface area (Å²) < 4.78 is 4.29. The van der Waals surface area contributed by atoms with Gasteiger partial charge < -0.3 is 0 Å². The summed E-state index contributed by atoms with van der Waals surface area (Å²) in [6.07, 6.45) is 11.6. The van der Waals surface area contributed by atoms with Crippen LogP contribution in [0.2, 0.25) is 0 Å². The molecule has 0 atom stereocenters. The molecule has 8 nitrogen and oxygen atoms in total. The first-order chi connectivity index (χ1) is 16.8. The van der Waals surface area contributed by atoms with Crippen molar-refractivity contribution in [1.82, 2.24) is 39.4 Å². The fourth-order valence-corrected chi connectivity index (χ4v) is 5.74. The Morgan fingerprint density at radius 3 is 1.91 bits per heavy atom. The molecule has 0 radical (unpaired) electrons. The summed E-state index contributed by atoms with van der Waals surface area (Å²) in [5, 5.41) is 18.4. The Hall–Kier alpha value is -3.21. The zero-order valence-electron chi connectivity index (χ0n) is 18.6. The molecule has 1 saturated carbocycles. The summed E-state index contributed by atoms with van der Waals surface area (Å²) in [4.78, 5) is 6.74. The first-order valence-corrected chi connectivity index (χ1v) is 13.1. The average Bonchev–Trinajstić information content (AvgIpc) is 3.44. The zero-order chi connectivity index (χ0) is 22.8. The van der Waals surface area contributed by atoms with Crippen LogP contribution in [-0.4, -0.2) is 46.0 Å². The van der Waals surface area contributed by atoms with Gasteiger partial charge in [0.05, 0.1) is 0 Å². The molecule has 34 heavy (non-hydrogen) atoms. The summed E-state index contributed by atoms with van der Waals surface area (Å²) in [5.41, 5.74) is 7.66. The minimum atomic E-state index is 0.281. The number of nitrogens with zero attached hydrogens (tertiary/aromatic N) is 8. The molecule has 0 spiro atoms. The second kappa shape index (κ2) is 9.21. The van der Waals surface area contributed by atoms with Crippen LogP contribution >= 0.6 is 22.7 Å². The number of hydrogen-bond acceptors (Lipinski definition) is 8. The molecule has 0 unspecified atom stereocenters. The third-order valence-corrected chi connectivity index (χ3v) is 7.98. The van der Waals surface area contributed by atoms with Crippen molar-refractivity contribution in [3.63, 3.8) is 0 Å². The maximum atomic E-state index is 4.27. The lowest BCUT2D eigenvalue weighted by atomic mass is 9.93. The fraction of sp³-hybridized carbons (Fsp3) is 0.292. The van der Waals surface area contributed by atoms with Gasteiger partial charge in [-0.25, -0.2) is 0 Å². The maximum Gasteiger partial charge on any atom is 0.216 e. The predicted molar refractivity (Wildman–Crippen MR) is 132 cm³/mol. The van der Waals surface area contributed by atoms with Gasteiger partial charge in [-0.2, -0.15) is 0 Å². The molecule has 1 aliphatic carbocycles. The number of hydrogen-bond donors (Lipinski definition) is 0. The van der Waals surface area contributed by atoms with E-state index in [9.17, 15) is 0 Å². The van der Waals surface area contributed by atoms with Crippen LogP contribution in [0.15, 0.2) is 72.2 Å². The van der Waals surface area contributed by atoms with Crippen LogP contribution in [0.5, 0.6) is 0 Å². The molecule has 5 heterocycles. The molecule has 10 heteroatoms. The van der Waals surface area contributed by atoms with Gasteiger partial charge in [-0.05, 0) is 73.2 Å². The molecule has 5 aromatic heterocycles. The van der Waals surface area contributed by atoms with E-state index in [0.29, 0.717) is 0 Å². The highest BCUT2D eigenvalue weighted by Gasteiger charge is 2.43. The highest BCUT2D eigenvalue weighted by atomic mass is 32.1. The third-order valence-electron chi connectivity index (χ3n) is 6.60. The van der Waals surface area contributed by atoms with Gasteiger partial charge in [0.2, 0.25) is 10.3 Å². The minimum Gasteiger partial charge on any atom is -0.294 e. The predicted octanol–water partition coefficient (Wildman–Crippen LogP) is 4.49. The van der Waals surface area contributed by atoms with Gasteiger partial charge in [0.1, 0.15) is 11.0 Å². The van der Waals surface area contributed by atoms with E-state index in [1.54, 1.807) is 33.7 Å². The van der Waals surface area contributed by atoms with Crippen molar-refractivity contribution in [2.45, 2.75) is 37.8 Å². The van der Waals surface area contributed by atoms with Crippen molar-refractivity contribution in [2.75, 3.05) is 6.54 Å². The van der Waals surface area contributed by atoms with Crippen LogP contribution in [0.4, 0.5) is 0 Å². The van der Waals surface area contributed by atoms with Gasteiger partial charge in [-0.3, -0.25) is 19.0 Å². The highest BCUT2D eigenvalue weighted by Crippen LogP contribution is 2.51. The van der Waals surface area contributed by atoms with E-state index < -0.39 is 0 Å². The maximum absolute atomic E-state index is 4.27. The Bertz CT molecular complexity index is 1250. The molecule has 6 rings (SSSR count). The van der Waals surface area contributed by atoms with Crippen LogP contribution in [-0.2, 0) is 18.5 Å². The summed E-state index contributed by atoms with van der Waals surface area (Å²) in [7, 11) is 0. The summed E-state index contributed by atoms with van der Waals surface area (Å²) in [6.45, 7) is 2.63. The lowest BCUT2D eigenvalue weighted by molar-refractivity contribution is 0.235. The highest BCUT2D eigenvalue weighted by molar-refractivity contribution is 7.12. The molecular formula is C24H24N8S2. The molecule has 0 bridgehead atoms. The van der Waals surface area contributed by atoms with Crippen molar-refractivity contribution in [1.29, 1.82) is 0 Å². The summed E-state index contributed by atoms with van der Waals surface area (Å²) in [6, 6.07) is 12.9. The van der Waals surface area contributed by atoms with Crippen molar-refractivity contribution < 1.29 is 0 Å². The van der Waals surface area contributed by atoms with Crippen molar-refractivity contribution in [2.24, 2.45) is 0 Å². The van der Waals surface area contributed by atoms with Crippen molar-refractivity contribution >= 4 is 22.7 Å². The average molecular weight is 489 g/mol. The molecule has 1 aliphatic rings. The Kier molecular flexibility index (Phi) is 5.78. The van der Waals surface area contributed by atoms with E-state index in [1.165, 1.54) is 29.8 Å². The summed E-state index contributed by atoms with van der Waals surface area (Å²) in [5.74, 6) is 0. The molecule has 5 aromatic rings. The molecule has 0 saturated heterocycles. The van der Waals surface area contributed by atoms with E-state index >= 15 is 0 Å². The molecular weight excluding hydrogens is 464 g/mol. The summed E-state index contributed by atoms with van der Waals surface area (Å²) >= 11 is 3.10. The third kappa shape index (κ3) is 4.31. The van der Waals surface area contributed by atoms with Crippen LogP contribution in [0.1, 0.15) is 36.2 Å². The van der Waals surface area contributed by atoms with E-state index in [1.807, 2.05) is 12.4 Å². The lowest BCUT2D eigenvalue weighted by Gasteiger charge is -2.26. The zero-order valence-corrected chi connectivity index (χ0v) is 20.2. The standard InChI is InChI=1S/C24H24N8S2/c1-3-20(31(12-1)22-28-26-17-33-22)15-30(14-9-24(7-8-24)19-5-10-25-11-6-19)16-21-4-2-13-32(21)23-29-27-18-34-23/h1-6,10-13,17-18H,7-9,14-16H2. The quantitative estimate of drug-likeness (QED) is 0.288. The molecule has 0 N–H and O–H groups in total. The molecule has 172 valence electrons. The molecule has 1 fully saturated rings. The Labute approximate surface area is 205 Å². The largest absolute Gasteiger partial charge is 0.294 e. The van der Waals surface area contributed by atoms with E-state index in [2.05, 4.69) is 88.2 Å². The molecule has 0 aliphatic heterocycles. The van der Waals surface area contributed by atoms with Gasteiger partial charge in [-0.15, -0.1) is 20.4 Å². The first kappa shape index (κ1) is 21.3. The molecule has 0 aromatic carbocycles. The van der Waals surface area contributed by atoms with Gasteiger partial charge in [0, 0.05) is 49.3 Å². The van der Waals surface area contributed by atoms with Gasteiger partial charge in [0.15, 0.2) is 0 Å². The van der Waals surface area contributed by atoms with Crippen molar-refractivity contribution in [3.8, 4) is 10.3 Å². The van der Waals surface area contributed by atoms with Gasteiger partial charge in [-0.1, -0.05) is 22.7 Å². The normalized spacial score (nSPS) is 14.6. The fourth-order valence-electron chi connectivity index (χ4n) is 4.59. The Morgan fingerprint density at radius 1 is 0.824 bits per heavy atom. The smallest absolute Gasteiger partial charge is 0.216 e. The number of rotatable bonds is 10. The Balaban J connectivity index is 1.26. The van der Waals surface area contributed by atoms with Gasteiger partial charge >= 0.3 is 0 Å². The first-order valence-electron chi connectivity index (χ1n) is 11.3. The van der Waals surface area contributed by atoms with E-state index in [-0.39, 0.29) is 5.41 Å². The number of pyridine rings is 1. The van der Waals surface area contributed by atoms with Crippen LogP contribution in [0.25, 0.3) is 10.3 Å².